The first kappa shape index (κ1) is 16.0. The normalized spacial score (nSPS) is 16.9. The van der Waals surface area contributed by atoms with E-state index in [0.717, 1.165) is 12.1 Å². The molecule has 2 rings (SSSR count). The summed E-state index contributed by atoms with van der Waals surface area (Å²) in [6.07, 6.45) is 8.71. The number of carbonyl (C=O) groups is 1. The first-order valence-corrected chi connectivity index (χ1v) is 6.64. The summed E-state index contributed by atoms with van der Waals surface area (Å²) in [5, 5.41) is 10.2. The summed E-state index contributed by atoms with van der Waals surface area (Å²) < 4.78 is 1.71. The second kappa shape index (κ2) is 7.50. The van der Waals surface area contributed by atoms with E-state index in [1.807, 2.05) is 13.2 Å². The van der Waals surface area contributed by atoms with Gasteiger partial charge >= 0.3 is 0 Å². The largest absolute Gasteiger partial charge is 0.354 e. The van der Waals surface area contributed by atoms with Crippen molar-refractivity contribution in [2.75, 3.05) is 13.6 Å². The van der Waals surface area contributed by atoms with Gasteiger partial charge in [0.25, 0.3) is 0 Å². The third kappa shape index (κ3) is 4.21. The van der Waals surface area contributed by atoms with Gasteiger partial charge in [-0.1, -0.05) is 12.8 Å². The Morgan fingerprint density at radius 2 is 2.21 bits per heavy atom. The maximum absolute atomic E-state index is 12.1. The maximum atomic E-state index is 12.1. The first-order chi connectivity index (χ1) is 8.70. The van der Waals surface area contributed by atoms with Crippen molar-refractivity contribution in [1.29, 1.82) is 0 Å². The Bertz CT molecular complexity index is 401. The SMILES string of the molecule is CNC(C(=O)NCC1CCCC1)c1cnn(C)c1.Cl. The summed E-state index contributed by atoms with van der Waals surface area (Å²) in [5.74, 6) is 0.706. The lowest BCUT2D eigenvalue weighted by atomic mass is 10.1. The van der Waals surface area contributed by atoms with Gasteiger partial charge in [0.2, 0.25) is 5.91 Å². The zero-order valence-electron chi connectivity index (χ0n) is 11.6. The fourth-order valence-corrected chi connectivity index (χ4v) is 2.60. The Kier molecular flexibility index (Phi) is 6.31. The molecular formula is C13H23ClN4O. The zero-order valence-corrected chi connectivity index (χ0v) is 12.4. The summed E-state index contributed by atoms with van der Waals surface area (Å²) in [6, 6.07) is -0.305. The monoisotopic (exact) mass is 286 g/mol. The van der Waals surface area contributed by atoms with E-state index in [-0.39, 0.29) is 24.4 Å². The second-order valence-electron chi connectivity index (χ2n) is 5.06. The average Bonchev–Trinajstić information content (AvgIpc) is 2.99. The topological polar surface area (TPSA) is 59.0 Å². The highest BCUT2D eigenvalue weighted by Gasteiger charge is 2.22. The van der Waals surface area contributed by atoms with E-state index < -0.39 is 0 Å². The summed E-state index contributed by atoms with van der Waals surface area (Å²) >= 11 is 0. The van der Waals surface area contributed by atoms with Gasteiger partial charge in [0.05, 0.1) is 6.20 Å². The van der Waals surface area contributed by atoms with Gasteiger partial charge in [0.1, 0.15) is 6.04 Å². The predicted octanol–water partition coefficient (Wildman–Crippen LogP) is 1.41. The van der Waals surface area contributed by atoms with Crippen molar-refractivity contribution in [2.24, 2.45) is 13.0 Å². The Balaban J connectivity index is 0.00000180. The molecule has 1 unspecified atom stereocenters. The number of nitrogens with one attached hydrogen (secondary N) is 2. The molecule has 1 aromatic rings. The number of nitrogens with zero attached hydrogens (tertiary/aromatic N) is 2. The molecule has 1 saturated carbocycles. The van der Waals surface area contributed by atoms with Crippen LogP contribution in [0.3, 0.4) is 0 Å². The van der Waals surface area contributed by atoms with Crippen LogP contribution in [0.2, 0.25) is 0 Å². The molecular weight excluding hydrogens is 264 g/mol. The molecule has 1 amide bonds. The standard InChI is InChI=1S/C13H22N4O.ClH/c1-14-12(11-8-16-17(2)9-11)13(18)15-7-10-5-3-4-6-10;/h8-10,12,14H,3-7H2,1-2H3,(H,15,18);1H. The van der Waals surface area contributed by atoms with Crippen molar-refractivity contribution in [3.8, 4) is 0 Å². The van der Waals surface area contributed by atoms with Crippen molar-refractivity contribution < 1.29 is 4.79 Å². The molecule has 1 aromatic heterocycles. The molecule has 1 atom stereocenters. The van der Waals surface area contributed by atoms with Crippen LogP contribution in [0.1, 0.15) is 37.3 Å². The van der Waals surface area contributed by atoms with E-state index in [4.69, 9.17) is 0 Å². The smallest absolute Gasteiger partial charge is 0.241 e. The van der Waals surface area contributed by atoms with Crippen molar-refractivity contribution in [2.45, 2.75) is 31.7 Å². The number of aryl methyl sites for hydroxylation is 1. The van der Waals surface area contributed by atoms with Crippen LogP contribution >= 0.6 is 12.4 Å². The highest BCUT2D eigenvalue weighted by molar-refractivity contribution is 5.85. The molecule has 1 fully saturated rings. The van der Waals surface area contributed by atoms with Crippen LogP contribution in [-0.4, -0.2) is 29.3 Å². The van der Waals surface area contributed by atoms with Crippen LogP contribution in [0.5, 0.6) is 0 Å². The van der Waals surface area contributed by atoms with Crippen molar-refractivity contribution in [3.63, 3.8) is 0 Å². The Hall–Kier alpha value is -1.07. The quantitative estimate of drug-likeness (QED) is 0.860. The third-order valence-corrected chi connectivity index (χ3v) is 3.65. The number of amides is 1. The van der Waals surface area contributed by atoms with Crippen LogP contribution in [-0.2, 0) is 11.8 Å². The zero-order chi connectivity index (χ0) is 13.0. The average molecular weight is 287 g/mol. The number of likely N-dealkylation sites (N-methyl/N-ethyl adjacent to an activating group) is 1. The molecule has 2 N–H and O–H groups in total. The lowest BCUT2D eigenvalue weighted by Gasteiger charge is -2.16. The number of halogens is 1. The van der Waals surface area contributed by atoms with Gasteiger partial charge in [-0.25, -0.2) is 0 Å². The van der Waals surface area contributed by atoms with Gasteiger partial charge in [0.15, 0.2) is 0 Å². The van der Waals surface area contributed by atoms with E-state index in [9.17, 15) is 4.79 Å². The Morgan fingerprint density at radius 3 is 2.74 bits per heavy atom. The number of carbonyl (C=O) groups excluding carboxylic acids is 1. The van der Waals surface area contributed by atoms with Gasteiger partial charge in [-0.3, -0.25) is 9.48 Å². The van der Waals surface area contributed by atoms with E-state index in [0.29, 0.717) is 5.92 Å². The summed E-state index contributed by atoms with van der Waals surface area (Å²) in [4.78, 5) is 12.1. The van der Waals surface area contributed by atoms with E-state index in [1.165, 1.54) is 25.7 Å². The van der Waals surface area contributed by atoms with Gasteiger partial charge in [0, 0.05) is 25.4 Å². The molecule has 19 heavy (non-hydrogen) atoms. The lowest BCUT2D eigenvalue weighted by Crippen LogP contribution is -2.37. The maximum Gasteiger partial charge on any atom is 0.241 e. The molecule has 6 heteroatoms. The van der Waals surface area contributed by atoms with Gasteiger partial charge in [-0.2, -0.15) is 5.10 Å². The van der Waals surface area contributed by atoms with Gasteiger partial charge < -0.3 is 10.6 Å². The van der Waals surface area contributed by atoms with Gasteiger partial charge in [-0.05, 0) is 25.8 Å². The van der Waals surface area contributed by atoms with E-state index in [1.54, 1.807) is 17.9 Å². The molecule has 0 bridgehead atoms. The molecule has 0 radical (unpaired) electrons. The van der Waals surface area contributed by atoms with Crippen LogP contribution in [0.15, 0.2) is 12.4 Å². The third-order valence-electron chi connectivity index (χ3n) is 3.65. The minimum absolute atomic E-state index is 0. The molecule has 1 heterocycles. The van der Waals surface area contributed by atoms with Crippen LogP contribution in [0, 0.1) is 5.92 Å². The lowest BCUT2D eigenvalue weighted by molar-refractivity contribution is -0.123. The molecule has 0 spiro atoms. The second-order valence-corrected chi connectivity index (χ2v) is 5.06. The highest BCUT2D eigenvalue weighted by atomic mass is 35.5. The summed E-state index contributed by atoms with van der Waals surface area (Å²) in [5.41, 5.74) is 0.906. The molecule has 0 saturated heterocycles. The molecule has 0 aliphatic heterocycles. The van der Waals surface area contributed by atoms with E-state index >= 15 is 0 Å². The van der Waals surface area contributed by atoms with Gasteiger partial charge in [-0.15, -0.1) is 12.4 Å². The van der Waals surface area contributed by atoms with Crippen LogP contribution < -0.4 is 10.6 Å². The molecule has 1 aliphatic carbocycles. The fourth-order valence-electron chi connectivity index (χ4n) is 2.60. The fraction of sp³-hybridized carbons (Fsp3) is 0.692. The van der Waals surface area contributed by atoms with Crippen LogP contribution in [0.4, 0.5) is 0 Å². The highest BCUT2D eigenvalue weighted by Crippen LogP contribution is 2.24. The van der Waals surface area contributed by atoms with E-state index in [2.05, 4.69) is 15.7 Å². The number of hydrogen-bond acceptors (Lipinski definition) is 3. The van der Waals surface area contributed by atoms with Crippen LogP contribution in [0.25, 0.3) is 0 Å². The minimum Gasteiger partial charge on any atom is -0.354 e. The van der Waals surface area contributed by atoms with Crippen molar-refractivity contribution in [1.82, 2.24) is 20.4 Å². The molecule has 5 nitrogen and oxygen atoms in total. The number of hydrogen-bond donors (Lipinski definition) is 2. The Morgan fingerprint density at radius 1 is 1.53 bits per heavy atom. The van der Waals surface area contributed by atoms with Crippen molar-refractivity contribution in [3.05, 3.63) is 18.0 Å². The minimum atomic E-state index is -0.305. The summed E-state index contributed by atoms with van der Waals surface area (Å²) in [6.45, 7) is 0.803. The number of rotatable bonds is 5. The molecule has 1 aliphatic rings. The molecule has 0 aromatic carbocycles. The predicted molar refractivity (Wildman–Crippen MR) is 77.2 cm³/mol. The Labute approximate surface area is 120 Å². The molecule has 108 valence electrons. The van der Waals surface area contributed by atoms with Crippen molar-refractivity contribution >= 4 is 18.3 Å². The number of aromatic nitrogens is 2. The first-order valence-electron chi connectivity index (χ1n) is 6.64. The summed E-state index contributed by atoms with van der Waals surface area (Å²) in [7, 11) is 3.65.